The largest absolute Gasteiger partial charge is 0.494 e. The molecule has 0 aliphatic carbocycles. The molecular weight excluding hydrogens is 528 g/mol. The summed E-state index contributed by atoms with van der Waals surface area (Å²) in [6, 6.07) is 25.0. The standard InChI is InChI=1S/C31H37BrN2O3/c1-23(2)21-33-31(36)29(20-25-8-5-4-6-9-25)34(22-26-13-15-27(32)16-14-26)30(35)10-7-19-37-28-17-11-24(3)12-18-28/h4-6,8-9,11-18,23,29H,7,10,19-22H2,1-3H3,(H,33,36). The van der Waals surface area contributed by atoms with Gasteiger partial charge in [0.1, 0.15) is 11.8 Å². The number of hydrogen-bond acceptors (Lipinski definition) is 3. The van der Waals surface area contributed by atoms with Gasteiger partial charge in [-0.3, -0.25) is 9.59 Å². The van der Waals surface area contributed by atoms with Crippen LogP contribution in [0.25, 0.3) is 0 Å². The van der Waals surface area contributed by atoms with Crippen LogP contribution in [-0.4, -0.2) is 35.9 Å². The molecule has 0 aromatic heterocycles. The molecule has 196 valence electrons. The Morgan fingerprint density at radius 2 is 1.59 bits per heavy atom. The average Bonchev–Trinajstić information content (AvgIpc) is 2.89. The van der Waals surface area contributed by atoms with Crippen molar-refractivity contribution in [3.05, 3.63) is 100 Å². The number of rotatable bonds is 13. The second kappa shape index (κ2) is 14.6. The van der Waals surface area contributed by atoms with Crippen molar-refractivity contribution in [2.24, 2.45) is 5.92 Å². The van der Waals surface area contributed by atoms with Crippen molar-refractivity contribution in [3.8, 4) is 5.75 Å². The van der Waals surface area contributed by atoms with Gasteiger partial charge in [0.05, 0.1) is 6.61 Å². The van der Waals surface area contributed by atoms with E-state index in [9.17, 15) is 9.59 Å². The fourth-order valence-electron chi connectivity index (χ4n) is 3.95. The van der Waals surface area contributed by atoms with Gasteiger partial charge in [-0.2, -0.15) is 0 Å². The Labute approximate surface area is 229 Å². The Hall–Kier alpha value is -3.12. The Bertz CT molecular complexity index is 1120. The quantitative estimate of drug-likeness (QED) is 0.247. The number of aryl methyl sites for hydroxylation is 1. The van der Waals surface area contributed by atoms with Crippen LogP contribution in [-0.2, 0) is 22.6 Å². The van der Waals surface area contributed by atoms with E-state index < -0.39 is 6.04 Å². The zero-order chi connectivity index (χ0) is 26.6. The number of nitrogens with zero attached hydrogens (tertiary/aromatic N) is 1. The first-order valence-corrected chi connectivity index (χ1v) is 13.7. The molecule has 37 heavy (non-hydrogen) atoms. The third-order valence-electron chi connectivity index (χ3n) is 6.05. The summed E-state index contributed by atoms with van der Waals surface area (Å²) in [6.45, 7) is 7.51. The van der Waals surface area contributed by atoms with E-state index in [0.29, 0.717) is 44.9 Å². The molecule has 6 heteroatoms. The highest BCUT2D eigenvalue weighted by molar-refractivity contribution is 9.10. The van der Waals surface area contributed by atoms with Crippen molar-refractivity contribution in [2.75, 3.05) is 13.2 Å². The highest BCUT2D eigenvalue weighted by Gasteiger charge is 2.30. The molecule has 1 atom stereocenters. The van der Waals surface area contributed by atoms with Crippen molar-refractivity contribution in [1.82, 2.24) is 10.2 Å². The van der Waals surface area contributed by atoms with E-state index in [-0.39, 0.29) is 11.8 Å². The Morgan fingerprint density at radius 1 is 0.919 bits per heavy atom. The molecule has 0 saturated carbocycles. The Kier molecular flexibility index (Phi) is 11.2. The zero-order valence-electron chi connectivity index (χ0n) is 22.0. The molecule has 3 aromatic rings. The molecule has 0 aliphatic rings. The third-order valence-corrected chi connectivity index (χ3v) is 6.58. The summed E-state index contributed by atoms with van der Waals surface area (Å²) in [4.78, 5) is 28.8. The van der Waals surface area contributed by atoms with Crippen LogP contribution in [0.2, 0.25) is 0 Å². The molecule has 3 rings (SSSR count). The van der Waals surface area contributed by atoms with Crippen molar-refractivity contribution in [2.45, 2.75) is 52.6 Å². The summed E-state index contributed by atoms with van der Waals surface area (Å²) in [5.41, 5.74) is 3.16. The molecule has 0 saturated heterocycles. The van der Waals surface area contributed by atoms with Gasteiger partial charge in [0.25, 0.3) is 0 Å². The maximum Gasteiger partial charge on any atom is 0.243 e. The van der Waals surface area contributed by atoms with Gasteiger partial charge in [-0.1, -0.05) is 89.9 Å². The van der Waals surface area contributed by atoms with Crippen LogP contribution in [0.5, 0.6) is 5.75 Å². The Balaban J connectivity index is 1.77. The van der Waals surface area contributed by atoms with Crippen molar-refractivity contribution >= 4 is 27.7 Å². The lowest BCUT2D eigenvalue weighted by Crippen LogP contribution is -2.51. The maximum absolute atomic E-state index is 13.6. The Morgan fingerprint density at radius 3 is 2.24 bits per heavy atom. The fraction of sp³-hybridized carbons (Fsp3) is 0.355. The van der Waals surface area contributed by atoms with Crippen LogP contribution in [0.3, 0.4) is 0 Å². The molecule has 0 radical (unpaired) electrons. The number of nitrogens with one attached hydrogen (secondary N) is 1. The molecule has 1 N–H and O–H groups in total. The van der Waals surface area contributed by atoms with Crippen LogP contribution < -0.4 is 10.1 Å². The number of benzene rings is 3. The zero-order valence-corrected chi connectivity index (χ0v) is 23.5. The van der Waals surface area contributed by atoms with Crippen LogP contribution in [0.4, 0.5) is 0 Å². The number of carbonyl (C=O) groups is 2. The summed E-state index contributed by atoms with van der Waals surface area (Å²) >= 11 is 3.48. The van der Waals surface area contributed by atoms with Crippen LogP contribution in [0, 0.1) is 12.8 Å². The molecule has 0 spiro atoms. The van der Waals surface area contributed by atoms with E-state index in [1.54, 1.807) is 4.90 Å². The SMILES string of the molecule is Cc1ccc(OCCCC(=O)N(Cc2ccc(Br)cc2)C(Cc2ccccc2)C(=O)NCC(C)C)cc1. The van der Waals surface area contributed by atoms with Crippen LogP contribution in [0.1, 0.15) is 43.4 Å². The lowest BCUT2D eigenvalue weighted by molar-refractivity contribution is -0.141. The summed E-state index contributed by atoms with van der Waals surface area (Å²) in [6.07, 6.45) is 1.31. The van der Waals surface area contributed by atoms with Gasteiger partial charge in [0, 0.05) is 30.4 Å². The fourth-order valence-corrected chi connectivity index (χ4v) is 4.22. The maximum atomic E-state index is 13.6. The van der Waals surface area contributed by atoms with E-state index in [4.69, 9.17) is 4.74 Å². The summed E-state index contributed by atoms with van der Waals surface area (Å²) < 4.78 is 6.81. The highest BCUT2D eigenvalue weighted by Crippen LogP contribution is 2.19. The highest BCUT2D eigenvalue weighted by atomic mass is 79.9. The first-order valence-electron chi connectivity index (χ1n) is 12.9. The minimum Gasteiger partial charge on any atom is -0.494 e. The third kappa shape index (κ3) is 9.69. The van der Waals surface area contributed by atoms with Gasteiger partial charge in [-0.25, -0.2) is 0 Å². The molecule has 0 aliphatic heterocycles. The number of halogens is 1. The van der Waals surface area contributed by atoms with Crippen molar-refractivity contribution in [1.29, 1.82) is 0 Å². The van der Waals surface area contributed by atoms with E-state index >= 15 is 0 Å². The second-order valence-corrected chi connectivity index (χ2v) is 10.7. The van der Waals surface area contributed by atoms with E-state index in [1.807, 2.05) is 85.8 Å². The predicted octanol–water partition coefficient (Wildman–Crippen LogP) is 6.33. The molecular formula is C31H37BrN2O3. The van der Waals surface area contributed by atoms with Gasteiger partial charge in [-0.15, -0.1) is 0 Å². The minimum atomic E-state index is -0.615. The van der Waals surface area contributed by atoms with E-state index in [2.05, 4.69) is 35.1 Å². The first kappa shape index (κ1) is 28.5. The molecule has 0 bridgehead atoms. The summed E-state index contributed by atoms with van der Waals surface area (Å²) in [7, 11) is 0. The van der Waals surface area contributed by atoms with Gasteiger partial charge in [0.15, 0.2) is 0 Å². The van der Waals surface area contributed by atoms with E-state index in [0.717, 1.165) is 21.3 Å². The summed E-state index contributed by atoms with van der Waals surface area (Å²) in [5.74, 6) is 0.922. The van der Waals surface area contributed by atoms with Gasteiger partial charge < -0.3 is 15.0 Å². The number of hydrogen-bond donors (Lipinski definition) is 1. The molecule has 3 aromatic carbocycles. The molecule has 1 unspecified atom stereocenters. The molecule has 0 fully saturated rings. The normalized spacial score (nSPS) is 11.7. The first-order chi connectivity index (χ1) is 17.8. The molecule has 5 nitrogen and oxygen atoms in total. The van der Waals surface area contributed by atoms with E-state index in [1.165, 1.54) is 5.56 Å². The number of carbonyl (C=O) groups excluding carboxylic acids is 2. The van der Waals surface area contributed by atoms with Gasteiger partial charge >= 0.3 is 0 Å². The molecule has 2 amide bonds. The lowest BCUT2D eigenvalue weighted by Gasteiger charge is -2.32. The second-order valence-electron chi connectivity index (χ2n) is 9.76. The molecule has 0 heterocycles. The van der Waals surface area contributed by atoms with Gasteiger partial charge in [-0.05, 0) is 54.7 Å². The lowest BCUT2D eigenvalue weighted by atomic mass is 10.0. The van der Waals surface area contributed by atoms with Crippen molar-refractivity contribution < 1.29 is 14.3 Å². The van der Waals surface area contributed by atoms with Crippen LogP contribution >= 0.6 is 15.9 Å². The number of ether oxygens (including phenoxy) is 1. The van der Waals surface area contributed by atoms with Gasteiger partial charge in [0.2, 0.25) is 11.8 Å². The average molecular weight is 566 g/mol. The van der Waals surface area contributed by atoms with Crippen molar-refractivity contribution in [3.63, 3.8) is 0 Å². The predicted molar refractivity (Wildman–Crippen MR) is 152 cm³/mol. The minimum absolute atomic E-state index is 0.0592. The monoisotopic (exact) mass is 564 g/mol. The smallest absolute Gasteiger partial charge is 0.243 e. The topological polar surface area (TPSA) is 58.6 Å². The number of amides is 2. The summed E-state index contributed by atoms with van der Waals surface area (Å²) in [5, 5.41) is 3.06. The van der Waals surface area contributed by atoms with Crippen LogP contribution in [0.15, 0.2) is 83.3 Å².